The summed E-state index contributed by atoms with van der Waals surface area (Å²) in [4.78, 5) is 11.6. The van der Waals surface area contributed by atoms with Crippen LogP contribution in [0.5, 0.6) is 0 Å². The molecule has 0 aliphatic carbocycles. The van der Waals surface area contributed by atoms with Crippen LogP contribution in [0.25, 0.3) is 0 Å². The van der Waals surface area contributed by atoms with Crippen LogP contribution in [0.1, 0.15) is 25.3 Å². The minimum absolute atomic E-state index is 0.0154. The molecule has 4 heteroatoms. The van der Waals surface area contributed by atoms with Gasteiger partial charge in [-0.05, 0) is 38.4 Å². The molecule has 1 aromatic rings. The lowest BCUT2D eigenvalue weighted by Crippen LogP contribution is -2.29. The normalized spacial score (nSPS) is 10.4. The first-order valence-electron chi connectivity index (χ1n) is 6.87. The Morgan fingerprint density at radius 1 is 1.21 bits per heavy atom. The van der Waals surface area contributed by atoms with Crippen molar-refractivity contribution in [3.05, 3.63) is 29.8 Å². The fourth-order valence-electron chi connectivity index (χ4n) is 1.59. The first kappa shape index (κ1) is 15.7. The van der Waals surface area contributed by atoms with Gasteiger partial charge < -0.3 is 15.4 Å². The Kier molecular flexibility index (Phi) is 7.86. The molecule has 0 heterocycles. The van der Waals surface area contributed by atoms with Crippen molar-refractivity contribution in [3.8, 4) is 0 Å². The minimum Gasteiger partial charge on any atom is -0.381 e. The summed E-state index contributed by atoms with van der Waals surface area (Å²) in [6, 6.07) is 7.78. The van der Waals surface area contributed by atoms with Crippen LogP contribution in [-0.4, -0.2) is 32.2 Å². The van der Waals surface area contributed by atoms with Gasteiger partial charge >= 0.3 is 0 Å². The van der Waals surface area contributed by atoms with E-state index in [0.29, 0.717) is 6.54 Å². The highest BCUT2D eigenvalue weighted by Crippen LogP contribution is 2.07. The maximum atomic E-state index is 11.6. The number of hydrogen-bond acceptors (Lipinski definition) is 3. The molecule has 0 bridgehead atoms. The first-order valence-corrected chi connectivity index (χ1v) is 6.87. The second kappa shape index (κ2) is 9.53. The fourth-order valence-corrected chi connectivity index (χ4v) is 1.59. The molecule has 0 saturated carbocycles. The largest absolute Gasteiger partial charge is 0.381 e. The van der Waals surface area contributed by atoms with Gasteiger partial charge in [-0.15, -0.1) is 0 Å². The first-order chi connectivity index (χ1) is 9.22. The van der Waals surface area contributed by atoms with E-state index in [0.717, 1.165) is 38.3 Å². The van der Waals surface area contributed by atoms with Crippen LogP contribution in [0.15, 0.2) is 24.3 Å². The molecule has 0 aromatic heterocycles. The van der Waals surface area contributed by atoms with Crippen LogP contribution in [0.4, 0.5) is 5.69 Å². The second-order valence-corrected chi connectivity index (χ2v) is 4.56. The molecule has 106 valence electrons. The Labute approximate surface area is 115 Å². The second-order valence-electron chi connectivity index (χ2n) is 4.56. The number of nitrogens with one attached hydrogen (secondary N) is 2. The SMILES string of the molecule is CCCOCCCNCC(=O)Nc1ccc(C)cc1. The van der Waals surface area contributed by atoms with Gasteiger partial charge in [-0.1, -0.05) is 24.6 Å². The van der Waals surface area contributed by atoms with Gasteiger partial charge in [-0.3, -0.25) is 4.79 Å². The summed E-state index contributed by atoms with van der Waals surface area (Å²) in [5.74, 6) is -0.0154. The lowest BCUT2D eigenvalue weighted by molar-refractivity contribution is -0.115. The van der Waals surface area contributed by atoms with Gasteiger partial charge in [0.1, 0.15) is 0 Å². The Bertz CT molecular complexity index is 363. The number of carbonyl (C=O) groups is 1. The highest BCUT2D eigenvalue weighted by atomic mass is 16.5. The molecule has 0 atom stereocenters. The molecule has 1 amide bonds. The van der Waals surface area contributed by atoms with E-state index in [2.05, 4.69) is 17.6 Å². The molecule has 19 heavy (non-hydrogen) atoms. The maximum absolute atomic E-state index is 11.6. The highest BCUT2D eigenvalue weighted by molar-refractivity contribution is 5.92. The number of rotatable bonds is 9. The van der Waals surface area contributed by atoms with E-state index in [4.69, 9.17) is 4.74 Å². The molecule has 2 N–H and O–H groups in total. The Hall–Kier alpha value is -1.39. The maximum Gasteiger partial charge on any atom is 0.238 e. The van der Waals surface area contributed by atoms with Crippen molar-refractivity contribution in [1.82, 2.24) is 5.32 Å². The Morgan fingerprint density at radius 2 is 1.95 bits per heavy atom. The number of hydrogen-bond donors (Lipinski definition) is 2. The third-order valence-electron chi connectivity index (χ3n) is 2.61. The summed E-state index contributed by atoms with van der Waals surface area (Å²) in [5, 5.41) is 5.95. The molecule has 1 rings (SSSR count). The molecule has 0 spiro atoms. The van der Waals surface area contributed by atoms with Crippen molar-refractivity contribution in [1.29, 1.82) is 0 Å². The number of carbonyl (C=O) groups excluding carboxylic acids is 1. The number of aryl methyl sites for hydroxylation is 1. The van der Waals surface area contributed by atoms with Crippen molar-refractivity contribution >= 4 is 11.6 Å². The summed E-state index contributed by atoms with van der Waals surface area (Å²) in [6.07, 6.45) is 1.98. The van der Waals surface area contributed by atoms with Crippen LogP contribution in [0.3, 0.4) is 0 Å². The zero-order chi connectivity index (χ0) is 13.9. The average molecular weight is 264 g/mol. The van der Waals surface area contributed by atoms with E-state index >= 15 is 0 Å². The molecule has 1 aromatic carbocycles. The molecule has 0 radical (unpaired) electrons. The highest BCUT2D eigenvalue weighted by Gasteiger charge is 2.01. The molecular weight excluding hydrogens is 240 g/mol. The minimum atomic E-state index is -0.0154. The predicted octanol–water partition coefficient (Wildman–Crippen LogP) is 2.34. The van der Waals surface area contributed by atoms with E-state index in [9.17, 15) is 4.79 Å². The van der Waals surface area contributed by atoms with Gasteiger partial charge in [0.15, 0.2) is 0 Å². The van der Waals surface area contributed by atoms with E-state index in [1.54, 1.807) is 0 Å². The van der Waals surface area contributed by atoms with Crippen molar-refractivity contribution < 1.29 is 9.53 Å². The fraction of sp³-hybridized carbons (Fsp3) is 0.533. The van der Waals surface area contributed by atoms with Crippen molar-refractivity contribution in [3.63, 3.8) is 0 Å². The Morgan fingerprint density at radius 3 is 2.63 bits per heavy atom. The van der Waals surface area contributed by atoms with Crippen molar-refractivity contribution in [2.75, 3.05) is 31.6 Å². The summed E-state index contributed by atoms with van der Waals surface area (Å²) in [6.45, 7) is 6.81. The summed E-state index contributed by atoms with van der Waals surface area (Å²) < 4.78 is 5.36. The summed E-state index contributed by atoms with van der Waals surface area (Å²) in [5.41, 5.74) is 2.02. The zero-order valence-corrected chi connectivity index (χ0v) is 11.9. The summed E-state index contributed by atoms with van der Waals surface area (Å²) >= 11 is 0. The lowest BCUT2D eigenvalue weighted by atomic mass is 10.2. The van der Waals surface area contributed by atoms with Crippen molar-refractivity contribution in [2.45, 2.75) is 26.7 Å². The Balaban J connectivity index is 2.06. The third kappa shape index (κ3) is 7.59. The molecule has 0 aliphatic heterocycles. The van der Waals surface area contributed by atoms with Crippen LogP contribution < -0.4 is 10.6 Å². The lowest BCUT2D eigenvalue weighted by Gasteiger charge is -2.07. The molecule has 4 nitrogen and oxygen atoms in total. The number of benzene rings is 1. The monoisotopic (exact) mass is 264 g/mol. The van der Waals surface area contributed by atoms with Gasteiger partial charge in [0.05, 0.1) is 6.54 Å². The third-order valence-corrected chi connectivity index (χ3v) is 2.61. The smallest absolute Gasteiger partial charge is 0.238 e. The van der Waals surface area contributed by atoms with E-state index in [1.807, 2.05) is 31.2 Å². The van der Waals surface area contributed by atoms with Gasteiger partial charge in [0, 0.05) is 18.9 Å². The zero-order valence-electron chi connectivity index (χ0n) is 11.9. The van der Waals surface area contributed by atoms with Gasteiger partial charge in [-0.25, -0.2) is 0 Å². The molecule has 0 unspecified atom stereocenters. The number of amides is 1. The van der Waals surface area contributed by atoms with Gasteiger partial charge in [0.25, 0.3) is 0 Å². The van der Waals surface area contributed by atoms with E-state index in [1.165, 1.54) is 5.56 Å². The average Bonchev–Trinajstić information content (AvgIpc) is 2.40. The van der Waals surface area contributed by atoms with Crippen molar-refractivity contribution in [2.24, 2.45) is 0 Å². The topological polar surface area (TPSA) is 50.4 Å². The predicted molar refractivity (Wildman–Crippen MR) is 78.4 cm³/mol. The number of ether oxygens (including phenoxy) is 1. The number of anilines is 1. The van der Waals surface area contributed by atoms with Gasteiger partial charge in [0.2, 0.25) is 5.91 Å². The van der Waals surface area contributed by atoms with E-state index < -0.39 is 0 Å². The van der Waals surface area contributed by atoms with Crippen LogP contribution in [0, 0.1) is 6.92 Å². The van der Waals surface area contributed by atoms with Crippen LogP contribution in [0.2, 0.25) is 0 Å². The standard InChI is InChI=1S/C15H24N2O2/c1-3-10-19-11-4-9-16-12-15(18)17-14-7-5-13(2)6-8-14/h5-8,16H,3-4,9-12H2,1-2H3,(H,17,18). The summed E-state index contributed by atoms with van der Waals surface area (Å²) in [7, 11) is 0. The quantitative estimate of drug-likeness (QED) is 0.673. The molecule has 0 aliphatic rings. The van der Waals surface area contributed by atoms with Crippen LogP contribution in [-0.2, 0) is 9.53 Å². The molecule has 0 fully saturated rings. The van der Waals surface area contributed by atoms with E-state index in [-0.39, 0.29) is 5.91 Å². The van der Waals surface area contributed by atoms with Crippen LogP contribution >= 0.6 is 0 Å². The molecular formula is C15H24N2O2. The molecule has 0 saturated heterocycles. The van der Waals surface area contributed by atoms with Gasteiger partial charge in [-0.2, -0.15) is 0 Å².